The maximum absolute atomic E-state index is 7.23. The lowest BCUT2D eigenvalue weighted by Crippen LogP contribution is -2.33. The van der Waals surface area contributed by atoms with E-state index in [9.17, 15) is 0 Å². The Balaban J connectivity index is 2.27. The van der Waals surface area contributed by atoms with Gasteiger partial charge in [0, 0.05) is 25.6 Å². The van der Waals surface area contributed by atoms with E-state index >= 15 is 0 Å². The van der Waals surface area contributed by atoms with Gasteiger partial charge >= 0.3 is 0 Å². The largest absolute Gasteiger partial charge is 0.388 e. The molecule has 14 heavy (non-hydrogen) atoms. The van der Waals surface area contributed by atoms with Crippen molar-refractivity contribution in [2.45, 2.75) is 45.6 Å². The average Bonchev–Trinajstić information content (AvgIpc) is 2.94. The maximum atomic E-state index is 7.23. The smallest absolute Gasteiger partial charge is 0.0918 e. The number of rotatable bonds is 7. The molecule has 1 rings (SSSR count). The molecule has 0 saturated heterocycles. The molecule has 3 N–H and O–H groups in total. The second-order valence-electron chi connectivity index (χ2n) is 4.51. The second kappa shape index (κ2) is 5.35. The quantitative estimate of drug-likeness (QED) is 0.483. The molecule has 1 unspecified atom stereocenters. The van der Waals surface area contributed by atoms with Gasteiger partial charge < -0.3 is 5.73 Å². The molecule has 1 aliphatic carbocycles. The zero-order chi connectivity index (χ0) is 10.6. The highest BCUT2D eigenvalue weighted by Crippen LogP contribution is 2.27. The third kappa shape index (κ3) is 4.09. The normalized spacial score (nSPS) is 18.5. The summed E-state index contributed by atoms with van der Waals surface area (Å²) in [7, 11) is 0. The molecular weight excluding hydrogens is 174 g/mol. The van der Waals surface area contributed by atoms with E-state index in [-0.39, 0.29) is 0 Å². The van der Waals surface area contributed by atoms with Crippen LogP contribution in [0.4, 0.5) is 0 Å². The van der Waals surface area contributed by atoms with Gasteiger partial charge in [-0.2, -0.15) is 0 Å². The first kappa shape index (κ1) is 11.5. The van der Waals surface area contributed by atoms with Gasteiger partial charge in [-0.3, -0.25) is 10.3 Å². The molecule has 1 fully saturated rings. The van der Waals surface area contributed by atoms with Crippen molar-refractivity contribution in [1.82, 2.24) is 4.90 Å². The van der Waals surface area contributed by atoms with Crippen molar-refractivity contribution < 1.29 is 0 Å². The predicted molar refractivity (Wildman–Crippen MR) is 60.6 cm³/mol. The molecule has 82 valence electrons. The van der Waals surface area contributed by atoms with Gasteiger partial charge in [-0.25, -0.2) is 0 Å². The number of nitrogens with one attached hydrogen (secondary N) is 1. The molecule has 3 heteroatoms. The number of nitrogens with two attached hydrogens (primary N) is 1. The fraction of sp³-hybridized carbons (Fsp3) is 0.909. The Hall–Kier alpha value is -0.570. The van der Waals surface area contributed by atoms with Crippen LogP contribution in [0.1, 0.15) is 39.5 Å². The van der Waals surface area contributed by atoms with Crippen LogP contribution in [-0.2, 0) is 0 Å². The molecule has 3 nitrogen and oxygen atoms in total. The summed E-state index contributed by atoms with van der Waals surface area (Å²) in [4.78, 5) is 2.51. The molecule has 0 amide bonds. The Kier molecular flexibility index (Phi) is 4.39. The summed E-state index contributed by atoms with van der Waals surface area (Å²) >= 11 is 0. The summed E-state index contributed by atoms with van der Waals surface area (Å²) in [5.41, 5.74) is 5.38. The van der Waals surface area contributed by atoms with Gasteiger partial charge in [0.1, 0.15) is 0 Å². The van der Waals surface area contributed by atoms with Crippen molar-refractivity contribution in [1.29, 1.82) is 5.41 Å². The zero-order valence-corrected chi connectivity index (χ0v) is 9.42. The summed E-state index contributed by atoms with van der Waals surface area (Å²) in [6, 6.07) is 0.795. The average molecular weight is 197 g/mol. The van der Waals surface area contributed by atoms with E-state index in [0.717, 1.165) is 24.9 Å². The van der Waals surface area contributed by atoms with Gasteiger partial charge in [0.25, 0.3) is 0 Å². The third-order valence-corrected chi connectivity index (χ3v) is 2.97. The Morgan fingerprint density at radius 1 is 1.57 bits per heavy atom. The molecule has 1 aliphatic rings. The van der Waals surface area contributed by atoms with Gasteiger partial charge in [0.2, 0.25) is 0 Å². The summed E-state index contributed by atoms with van der Waals surface area (Å²) < 4.78 is 0. The van der Waals surface area contributed by atoms with Crippen LogP contribution in [0.15, 0.2) is 0 Å². The molecule has 0 radical (unpaired) electrons. The van der Waals surface area contributed by atoms with E-state index in [0.29, 0.717) is 5.84 Å². The van der Waals surface area contributed by atoms with Crippen molar-refractivity contribution in [3.63, 3.8) is 0 Å². The van der Waals surface area contributed by atoms with Crippen LogP contribution >= 0.6 is 0 Å². The first-order valence-electron chi connectivity index (χ1n) is 5.70. The minimum atomic E-state index is 0.319. The second-order valence-corrected chi connectivity index (χ2v) is 4.51. The molecular formula is C11H23N3. The SMILES string of the molecule is CCC(C)CN(CCC(=N)N)C1CC1. The number of nitrogens with zero attached hydrogens (tertiary/aromatic N) is 1. The van der Waals surface area contributed by atoms with Crippen LogP contribution in [-0.4, -0.2) is 29.9 Å². The monoisotopic (exact) mass is 197 g/mol. The molecule has 0 aromatic carbocycles. The molecule has 0 heterocycles. The maximum Gasteiger partial charge on any atom is 0.0918 e. The zero-order valence-electron chi connectivity index (χ0n) is 9.42. The lowest BCUT2D eigenvalue weighted by Gasteiger charge is -2.24. The van der Waals surface area contributed by atoms with E-state index in [2.05, 4.69) is 18.7 Å². The van der Waals surface area contributed by atoms with Crippen LogP contribution in [0.2, 0.25) is 0 Å². The molecule has 0 aromatic heterocycles. The minimum Gasteiger partial charge on any atom is -0.388 e. The Bertz CT molecular complexity index is 187. The van der Waals surface area contributed by atoms with Crippen LogP contribution in [0.25, 0.3) is 0 Å². The highest BCUT2D eigenvalue weighted by Gasteiger charge is 2.29. The van der Waals surface area contributed by atoms with Gasteiger partial charge in [0.15, 0.2) is 0 Å². The number of amidine groups is 1. The van der Waals surface area contributed by atoms with Crippen LogP contribution in [0.5, 0.6) is 0 Å². The van der Waals surface area contributed by atoms with Gasteiger partial charge in [0.05, 0.1) is 5.84 Å². The summed E-state index contributed by atoms with van der Waals surface area (Å²) in [5.74, 6) is 1.09. The van der Waals surface area contributed by atoms with Crippen LogP contribution < -0.4 is 5.73 Å². The Morgan fingerprint density at radius 2 is 2.21 bits per heavy atom. The van der Waals surface area contributed by atoms with E-state index < -0.39 is 0 Å². The van der Waals surface area contributed by atoms with E-state index in [1.54, 1.807) is 0 Å². The van der Waals surface area contributed by atoms with Crippen LogP contribution in [0.3, 0.4) is 0 Å². The van der Waals surface area contributed by atoms with E-state index in [4.69, 9.17) is 11.1 Å². The van der Waals surface area contributed by atoms with E-state index in [1.165, 1.54) is 25.8 Å². The lowest BCUT2D eigenvalue weighted by molar-refractivity contribution is 0.231. The van der Waals surface area contributed by atoms with Gasteiger partial charge in [-0.05, 0) is 18.8 Å². The molecule has 0 aromatic rings. The fourth-order valence-corrected chi connectivity index (χ4v) is 1.66. The minimum absolute atomic E-state index is 0.319. The van der Waals surface area contributed by atoms with Crippen molar-refractivity contribution in [2.75, 3.05) is 13.1 Å². The molecule has 0 spiro atoms. The highest BCUT2D eigenvalue weighted by atomic mass is 15.2. The standard InChI is InChI=1S/C11H23N3/c1-3-9(2)8-14(10-4-5-10)7-6-11(12)13/h9-10H,3-8H2,1-2H3,(H3,12,13). The predicted octanol–water partition coefficient (Wildman–Crippen LogP) is 1.82. The molecule has 1 atom stereocenters. The molecule has 0 bridgehead atoms. The molecule has 1 saturated carbocycles. The fourth-order valence-electron chi connectivity index (χ4n) is 1.66. The summed E-state index contributed by atoms with van der Waals surface area (Å²) in [5, 5.41) is 7.23. The Labute approximate surface area is 87.2 Å². The first-order chi connectivity index (χ1) is 6.63. The summed E-state index contributed by atoms with van der Waals surface area (Å²) in [6.07, 6.45) is 4.65. The van der Waals surface area contributed by atoms with Gasteiger partial charge in [-0.15, -0.1) is 0 Å². The van der Waals surface area contributed by atoms with Crippen LogP contribution in [0, 0.1) is 11.3 Å². The van der Waals surface area contributed by atoms with E-state index in [1.807, 2.05) is 0 Å². The first-order valence-corrected chi connectivity index (χ1v) is 5.70. The van der Waals surface area contributed by atoms with Crippen molar-refractivity contribution in [3.8, 4) is 0 Å². The highest BCUT2D eigenvalue weighted by molar-refractivity contribution is 5.76. The van der Waals surface area contributed by atoms with Crippen molar-refractivity contribution in [3.05, 3.63) is 0 Å². The molecule has 0 aliphatic heterocycles. The Morgan fingerprint density at radius 3 is 2.64 bits per heavy atom. The number of hydrogen-bond donors (Lipinski definition) is 2. The number of hydrogen-bond acceptors (Lipinski definition) is 2. The third-order valence-electron chi connectivity index (χ3n) is 2.97. The topological polar surface area (TPSA) is 53.1 Å². The lowest BCUT2D eigenvalue weighted by atomic mass is 10.1. The van der Waals surface area contributed by atoms with Crippen molar-refractivity contribution >= 4 is 5.84 Å². The van der Waals surface area contributed by atoms with Crippen molar-refractivity contribution in [2.24, 2.45) is 11.7 Å². The summed E-state index contributed by atoms with van der Waals surface area (Å²) in [6.45, 7) is 6.68. The van der Waals surface area contributed by atoms with Gasteiger partial charge in [-0.1, -0.05) is 20.3 Å².